The fraction of sp³-hybridized carbons (Fsp3) is 0.684. The van der Waals surface area contributed by atoms with Crippen LogP contribution in [0.15, 0.2) is 24.4 Å². The summed E-state index contributed by atoms with van der Waals surface area (Å²) in [5.41, 5.74) is 1.13. The highest BCUT2D eigenvalue weighted by Gasteiger charge is 2.27. The summed E-state index contributed by atoms with van der Waals surface area (Å²) in [7, 11) is 0. The molecule has 1 unspecified atom stereocenters. The SMILES string of the molecule is CCC1CCCCN1C(=O)CN1CCN(Cc2ccccn2)CC1. The lowest BCUT2D eigenvalue weighted by atomic mass is 10.00. The lowest BCUT2D eigenvalue weighted by Gasteiger charge is -2.38. The molecular formula is C19H30N4O. The molecule has 2 saturated heterocycles. The molecule has 2 aliphatic rings. The number of likely N-dealkylation sites (tertiary alicyclic amines) is 1. The zero-order chi connectivity index (χ0) is 16.8. The third kappa shape index (κ3) is 4.54. The Labute approximate surface area is 145 Å². The Morgan fingerprint density at radius 2 is 1.92 bits per heavy atom. The predicted molar refractivity (Wildman–Crippen MR) is 95.6 cm³/mol. The second-order valence-electron chi connectivity index (χ2n) is 7.02. The number of carbonyl (C=O) groups excluding carboxylic acids is 1. The number of hydrogen-bond donors (Lipinski definition) is 0. The van der Waals surface area contributed by atoms with Gasteiger partial charge in [-0.1, -0.05) is 13.0 Å². The molecule has 2 aliphatic heterocycles. The Morgan fingerprint density at radius 3 is 2.62 bits per heavy atom. The first-order valence-electron chi connectivity index (χ1n) is 9.40. The monoisotopic (exact) mass is 330 g/mol. The van der Waals surface area contributed by atoms with Crippen LogP contribution in [-0.2, 0) is 11.3 Å². The number of pyridine rings is 1. The fourth-order valence-corrected chi connectivity index (χ4v) is 3.86. The molecule has 2 fully saturated rings. The highest BCUT2D eigenvalue weighted by atomic mass is 16.2. The summed E-state index contributed by atoms with van der Waals surface area (Å²) in [6.45, 7) is 8.64. The van der Waals surface area contributed by atoms with Gasteiger partial charge in [0, 0.05) is 51.5 Å². The van der Waals surface area contributed by atoms with Crippen molar-refractivity contribution in [1.29, 1.82) is 0 Å². The van der Waals surface area contributed by atoms with Crippen LogP contribution in [0.2, 0.25) is 0 Å². The van der Waals surface area contributed by atoms with Crippen LogP contribution < -0.4 is 0 Å². The molecule has 5 heteroatoms. The summed E-state index contributed by atoms with van der Waals surface area (Å²) >= 11 is 0. The van der Waals surface area contributed by atoms with Gasteiger partial charge in [0.25, 0.3) is 0 Å². The van der Waals surface area contributed by atoms with Crippen LogP contribution >= 0.6 is 0 Å². The van der Waals surface area contributed by atoms with E-state index in [9.17, 15) is 4.79 Å². The Bertz CT molecular complexity index is 513. The van der Waals surface area contributed by atoms with E-state index in [2.05, 4.69) is 32.7 Å². The molecule has 3 rings (SSSR count). The molecule has 0 N–H and O–H groups in total. The zero-order valence-corrected chi connectivity index (χ0v) is 14.9. The van der Waals surface area contributed by atoms with Gasteiger partial charge in [0.2, 0.25) is 5.91 Å². The van der Waals surface area contributed by atoms with Crippen molar-refractivity contribution in [3.8, 4) is 0 Å². The summed E-state index contributed by atoms with van der Waals surface area (Å²) in [4.78, 5) is 24.0. The van der Waals surface area contributed by atoms with Crippen molar-refractivity contribution >= 4 is 5.91 Å². The number of piperazine rings is 1. The minimum absolute atomic E-state index is 0.333. The maximum Gasteiger partial charge on any atom is 0.236 e. The number of aromatic nitrogens is 1. The van der Waals surface area contributed by atoms with Crippen molar-refractivity contribution < 1.29 is 4.79 Å². The van der Waals surface area contributed by atoms with E-state index in [0.717, 1.165) is 51.4 Å². The topological polar surface area (TPSA) is 39.7 Å². The third-order valence-electron chi connectivity index (χ3n) is 5.35. The number of amides is 1. The van der Waals surface area contributed by atoms with Gasteiger partial charge in [0.1, 0.15) is 0 Å². The number of nitrogens with zero attached hydrogens (tertiary/aromatic N) is 4. The van der Waals surface area contributed by atoms with Gasteiger partial charge in [-0.05, 0) is 37.8 Å². The van der Waals surface area contributed by atoms with Crippen LogP contribution in [-0.4, -0.2) is 70.9 Å². The molecule has 0 aliphatic carbocycles. The van der Waals surface area contributed by atoms with Crippen molar-refractivity contribution in [1.82, 2.24) is 19.7 Å². The lowest BCUT2D eigenvalue weighted by Crippen LogP contribution is -2.52. The summed E-state index contributed by atoms with van der Waals surface area (Å²) in [6.07, 6.45) is 6.56. The second kappa shape index (κ2) is 8.58. The van der Waals surface area contributed by atoms with Crippen molar-refractivity contribution in [3.63, 3.8) is 0 Å². The summed E-state index contributed by atoms with van der Waals surface area (Å²) in [5, 5.41) is 0. The molecule has 24 heavy (non-hydrogen) atoms. The summed E-state index contributed by atoms with van der Waals surface area (Å²) in [5.74, 6) is 0.333. The van der Waals surface area contributed by atoms with E-state index in [4.69, 9.17) is 0 Å². The van der Waals surface area contributed by atoms with Gasteiger partial charge < -0.3 is 4.90 Å². The molecule has 0 saturated carbocycles. The number of rotatable bonds is 5. The lowest BCUT2D eigenvalue weighted by molar-refractivity contribution is -0.136. The first-order chi connectivity index (χ1) is 11.8. The van der Waals surface area contributed by atoms with Gasteiger partial charge in [0.15, 0.2) is 0 Å². The first-order valence-corrected chi connectivity index (χ1v) is 9.40. The van der Waals surface area contributed by atoms with Crippen molar-refractivity contribution in [2.75, 3.05) is 39.3 Å². The number of piperidine rings is 1. The first kappa shape index (κ1) is 17.4. The van der Waals surface area contributed by atoms with E-state index in [1.54, 1.807) is 0 Å². The predicted octanol–water partition coefficient (Wildman–Crippen LogP) is 1.99. The number of carbonyl (C=O) groups is 1. The molecule has 132 valence electrons. The minimum Gasteiger partial charge on any atom is -0.339 e. The summed E-state index contributed by atoms with van der Waals surface area (Å²) < 4.78 is 0. The van der Waals surface area contributed by atoms with E-state index >= 15 is 0 Å². The molecule has 1 amide bonds. The zero-order valence-electron chi connectivity index (χ0n) is 14.9. The normalized spacial score (nSPS) is 23.4. The van der Waals surface area contributed by atoms with Crippen molar-refractivity contribution in [3.05, 3.63) is 30.1 Å². The molecule has 3 heterocycles. The fourth-order valence-electron chi connectivity index (χ4n) is 3.86. The van der Waals surface area contributed by atoms with Crippen LogP contribution in [0.5, 0.6) is 0 Å². The molecule has 5 nitrogen and oxygen atoms in total. The Kier molecular flexibility index (Phi) is 6.21. The molecule has 1 atom stereocenters. The van der Waals surface area contributed by atoms with Crippen molar-refractivity contribution in [2.45, 2.75) is 45.2 Å². The molecule has 0 bridgehead atoms. The maximum absolute atomic E-state index is 12.7. The Hall–Kier alpha value is -1.46. The molecule has 0 spiro atoms. The minimum atomic E-state index is 0.333. The van der Waals surface area contributed by atoms with E-state index in [1.807, 2.05) is 18.3 Å². The van der Waals surface area contributed by atoms with E-state index < -0.39 is 0 Å². The van der Waals surface area contributed by atoms with Crippen LogP contribution in [0, 0.1) is 0 Å². The summed E-state index contributed by atoms with van der Waals surface area (Å²) in [6, 6.07) is 6.55. The average molecular weight is 330 g/mol. The van der Waals surface area contributed by atoms with E-state index in [1.165, 1.54) is 19.3 Å². The molecule has 0 aromatic carbocycles. The van der Waals surface area contributed by atoms with E-state index in [-0.39, 0.29) is 0 Å². The largest absolute Gasteiger partial charge is 0.339 e. The molecule has 1 aromatic rings. The Balaban J connectivity index is 1.44. The maximum atomic E-state index is 12.7. The van der Waals surface area contributed by atoms with Crippen molar-refractivity contribution in [2.24, 2.45) is 0 Å². The smallest absolute Gasteiger partial charge is 0.236 e. The van der Waals surface area contributed by atoms with Gasteiger partial charge >= 0.3 is 0 Å². The van der Waals surface area contributed by atoms with E-state index in [0.29, 0.717) is 18.5 Å². The van der Waals surface area contributed by atoms with Crippen LogP contribution in [0.25, 0.3) is 0 Å². The highest BCUT2D eigenvalue weighted by Crippen LogP contribution is 2.20. The standard InChI is InChI=1S/C19H30N4O/c1-2-18-8-4-6-10-23(18)19(24)16-22-13-11-21(12-14-22)15-17-7-3-5-9-20-17/h3,5,7,9,18H,2,4,6,8,10-16H2,1H3. The Morgan fingerprint density at radius 1 is 1.12 bits per heavy atom. The third-order valence-corrected chi connectivity index (χ3v) is 5.35. The molecule has 0 radical (unpaired) electrons. The highest BCUT2D eigenvalue weighted by molar-refractivity contribution is 5.78. The van der Waals surface area contributed by atoms with Gasteiger partial charge in [-0.25, -0.2) is 0 Å². The average Bonchev–Trinajstić information content (AvgIpc) is 2.64. The van der Waals surface area contributed by atoms with Gasteiger partial charge in [0.05, 0.1) is 12.2 Å². The van der Waals surface area contributed by atoms with Crippen LogP contribution in [0.3, 0.4) is 0 Å². The van der Waals surface area contributed by atoms with Gasteiger partial charge in [-0.15, -0.1) is 0 Å². The molecular weight excluding hydrogens is 300 g/mol. The van der Waals surface area contributed by atoms with Gasteiger partial charge in [-0.2, -0.15) is 0 Å². The number of hydrogen-bond acceptors (Lipinski definition) is 4. The quantitative estimate of drug-likeness (QED) is 0.828. The second-order valence-corrected chi connectivity index (χ2v) is 7.02. The van der Waals surface area contributed by atoms with Crippen LogP contribution in [0.4, 0.5) is 0 Å². The van der Waals surface area contributed by atoms with Gasteiger partial charge in [-0.3, -0.25) is 19.6 Å². The van der Waals surface area contributed by atoms with Crippen LogP contribution in [0.1, 0.15) is 38.3 Å². The molecule has 1 aromatic heterocycles.